The van der Waals surface area contributed by atoms with Crippen molar-refractivity contribution in [1.82, 2.24) is 0 Å². The van der Waals surface area contributed by atoms with Gasteiger partial charge in [0.25, 0.3) is 0 Å². The number of fused-ring (bicyclic) bond motifs is 5. The molecule has 232 valence electrons. The number of carbonyl (C=O) groups excluding carboxylic acids is 3. The summed E-state index contributed by atoms with van der Waals surface area (Å²) in [7, 11) is 0. The van der Waals surface area contributed by atoms with Crippen LogP contribution < -0.4 is 5.73 Å². The number of rotatable bonds is 10. The molecule has 0 amide bonds. The highest BCUT2D eigenvalue weighted by Gasteiger charge is 2.61. The summed E-state index contributed by atoms with van der Waals surface area (Å²) in [4.78, 5) is 39.3. The van der Waals surface area contributed by atoms with Gasteiger partial charge < -0.3 is 10.5 Å². The van der Waals surface area contributed by atoms with E-state index in [9.17, 15) is 14.4 Å². The average molecular weight is 578 g/mol. The van der Waals surface area contributed by atoms with Gasteiger partial charge in [-0.2, -0.15) is 0 Å². The SMILES string of the molecule is CCC(C)[C@H](N)C(=O)C[C@@H](Cc1ccccc1)C(=O)O[C@@H]1CC[C@@]2(C)[C@@H](CC[C@@H]3[C@@H]2CC[C@]2(C)[C@@H](C(C)=O)CC[C@@H]32)C1. The van der Waals surface area contributed by atoms with Gasteiger partial charge in [0, 0.05) is 12.3 Å². The van der Waals surface area contributed by atoms with Crippen molar-refractivity contribution in [3.63, 3.8) is 0 Å². The predicted molar refractivity (Wildman–Crippen MR) is 166 cm³/mol. The molecule has 1 aromatic rings. The lowest BCUT2D eigenvalue weighted by Gasteiger charge is -2.61. The van der Waals surface area contributed by atoms with Crippen LogP contribution in [-0.4, -0.2) is 29.7 Å². The number of ketones is 2. The van der Waals surface area contributed by atoms with E-state index in [2.05, 4.69) is 13.8 Å². The summed E-state index contributed by atoms with van der Waals surface area (Å²) in [6.45, 7) is 10.8. The second-order valence-corrected chi connectivity index (χ2v) is 15.2. The molecule has 0 radical (unpaired) electrons. The number of esters is 1. The Morgan fingerprint density at radius 3 is 2.33 bits per heavy atom. The zero-order valence-electron chi connectivity index (χ0n) is 26.8. The van der Waals surface area contributed by atoms with Crippen LogP contribution in [0.2, 0.25) is 0 Å². The van der Waals surface area contributed by atoms with Crippen LogP contribution >= 0.6 is 0 Å². The maximum atomic E-state index is 13.7. The fraction of sp³-hybridized carbons (Fsp3) is 0.757. The molecular formula is C37H55NO4. The molecule has 4 saturated carbocycles. The van der Waals surface area contributed by atoms with Crippen molar-refractivity contribution in [2.45, 2.75) is 124 Å². The number of carbonyl (C=O) groups is 3. The minimum absolute atomic E-state index is 0.0417. The summed E-state index contributed by atoms with van der Waals surface area (Å²) in [5, 5.41) is 0. The number of ether oxygens (including phenoxy) is 1. The van der Waals surface area contributed by atoms with Crippen LogP contribution in [0.15, 0.2) is 30.3 Å². The van der Waals surface area contributed by atoms with E-state index in [1.54, 1.807) is 0 Å². The lowest BCUT2D eigenvalue weighted by Crippen LogP contribution is -2.54. The van der Waals surface area contributed by atoms with Gasteiger partial charge in [-0.3, -0.25) is 14.4 Å². The van der Waals surface area contributed by atoms with E-state index in [-0.39, 0.29) is 46.9 Å². The Bertz CT molecular complexity index is 1130. The first-order chi connectivity index (χ1) is 20.0. The van der Waals surface area contributed by atoms with Crippen molar-refractivity contribution >= 4 is 17.5 Å². The maximum Gasteiger partial charge on any atom is 0.309 e. The quantitative estimate of drug-likeness (QED) is 0.294. The van der Waals surface area contributed by atoms with Crippen molar-refractivity contribution in [2.75, 3.05) is 0 Å². The van der Waals surface area contributed by atoms with Crippen LogP contribution in [0.25, 0.3) is 0 Å². The molecule has 5 nitrogen and oxygen atoms in total. The van der Waals surface area contributed by atoms with E-state index in [0.29, 0.717) is 30.0 Å². The summed E-state index contributed by atoms with van der Waals surface area (Å²) in [6.07, 6.45) is 11.5. The first-order valence-electron chi connectivity index (χ1n) is 17.0. The number of nitrogens with two attached hydrogens (primary N) is 1. The predicted octanol–water partition coefficient (Wildman–Crippen LogP) is 7.34. The Hall–Kier alpha value is -2.01. The Balaban J connectivity index is 1.24. The molecule has 4 aliphatic rings. The molecule has 0 aromatic heterocycles. The molecule has 4 fully saturated rings. The largest absolute Gasteiger partial charge is 0.462 e. The minimum atomic E-state index is -0.547. The summed E-state index contributed by atoms with van der Waals surface area (Å²) in [5.74, 6) is 2.63. The lowest BCUT2D eigenvalue weighted by atomic mass is 9.44. The third-order valence-corrected chi connectivity index (χ3v) is 13.1. The molecule has 1 aromatic carbocycles. The molecule has 4 aliphatic carbocycles. The molecule has 0 saturated heterocycles. The Morgan fingerprint density at radius 2 is 1.64 bits per heavy atom. The Morgan fingerprint density at radius 1 is 0.952 bits per heavy atom. The van der Waals surface area contributed by atoms with Gasteiger partial charge in [0.05, 0.1) is 12.0 Å². The molecule has 2 N–H and O–H groups in total. The third-order valence-electron chi connectivity index (χ3n) is 13.1. The van der Waals surface area contributed by atoms with Gasteiger partial charge in [0.2, 0.25) is 0 Å². The Labute approximate surface area is 254 Å². The molecule has 5 rings (SSSR count). The standard InChI is InChI=1S/C37H55NO4/c1-6-23(2)34(38)33(40)21-26(20-25-10-8-7-9-11-25)35(41)42-28-16-18-36(4)27(22-28)12-13-29-31-15-14-30(24(3)39)37(31,5)19-17-32(29)36/h7-11,23,26-32,34H,6,12-22,38H2,1-5H3/t23?,26-,27+,28-,29+,30-,31+,32+,34+,36+,37-/m1/s1. The molecule has 0 spiro atoms. The molecule has 0 aliphatic heterocycles. The van der Waals surface area contributed by atoms with Crippen molar-refractivity contribution in [3.05, 3.63) is 35.9 Å². The molecule has 5 heteroatoms. The number of benzene rings is 1. The van der Waals surface area contributed by atoms with Crippen LogP contribution in [0.4, 0.5) is 0 Å². The topological polar surface area (TPSA) is 86.5 Å². The van der Waals surface area contributed by atoms with Crippen molar-refractivity contribution in [1.29, 1.82) is 0 Å². The number of Topliss-reactive ketones (excluding diaryl/α,β-unsaturated/α-hetero) is 2. The second kappa shape index (κ2) is 12.5. The molecule has 0 heterocycles. The zero-order valence-corrected chi connectivity index (χ0v) is 26.8. The Kier molecular flexibility index (Phi) is 9.38. The first kappa shape index (κ1) is 31.4. The third kappa shape index (κ3) is 5.88. The summed E-state index contributed by atoms with van der Waals surface area (Å²) >= 11 is 0. The van der Waals surface area contributed by atoms with Crippen LogP contribution in [-0.2, 0) is 25.5 Å². The van der Waals surface area contributed by atoms with Gasteiger partial charge in [-0.15, -0.1) is 0 Å². The maximum absolute atomic E-state index is 13.7. The van der Waals surface area contributed by atoms with E-state index in [4.69, 9.17) is 10.5 Å². The van der Waals surface area contributed by atoms with E-state index in [1.165, 1.54) is 32.1 Å². The van der Waals surface area contributed by atoms with Crippen LogP contribution in [0.3, 0.4) is 0 Å². The van der Waals surface area contributed by atoms with E-state index >= 15 is 0 Å². The molecule has 11 atom stereocenters. The smallest absolute Gasteiger partial charge is 0.309 e. The average Bonchev–Trinajstić information content (AvgIpc) is 3.34. The van der Waals surface area contributed by atoms with Crippen molar-refractivity contribution in [2.24, 2.45) is 58.0 Å². The first-order valence-corrected chi connectivity index (χ1v) is 17.0. The highest BCUT2D eigenvalue weighted by Crippen LogP contribution is 2.67. The molecule has 42 heavy (non-hydrogen) atoms. The second-order valence-electron chi connectivity index (χ2n) is 15.2. The van der Waals surface area contributed by atoms with Gasteiger partial charge in [0.15, 0.2) is 5.78 Å². The van der Waals surface area contributed by atoms with Crippen molar-refractivity contribution < 1.29 is 19.1 Å². The highest BCUT2D eigenvalue weighted by molar-refractivity contribution is 5.88. The minimum Gasteiger partial charge on any atom is -0.462 e. The fourth-order valence-electron chi connectivity index (χ4n) is 10.3. The van der Waals surface area contributed by atoms with Gasteiger partial charge in [0.1, 0.15) is 11.9 Å². The van der Waals surface area contributed by atoms with Crippen LogP contribution in [0, 0.1) is 52.3 Å². The molecule has 1 unspecified atom stereocenters. The van der Waals surface area contributed by atoms with Gasteiger partial charge in [-0.1, -0.05) is 64.4 Å². The van der Waals surface area contributed by atoms with Crippen molar-refractivity contribution in [3.8, 4) is 0 Å². The van der Waals surface area contributed by atoms with Gasteiger partial charge >= 0.3 is 5.97 Å². The molecule has 0 bridgehead atoms. The summed E-state index contributed by atoms with van der Waals surface area (Å²) in [5.41, 5.74) is 7.79. The van der Waals surface area contributed by atoms with E-state index in [0.717, 1.165) is 43.6 Å². The van der Waals surface area contributed by atoms with Gasteiger partial charge in [-0.25, -0.2) is 0 Å². The summed E-state index contributed by atoms with van der Waals surface area (Å²) in [6, 6.07) is 9.40. The van der Waals surface area contributed by atoms with Gasteiger partial charge in [-0.05, 0) is 117 Å². The van der Waals surface area contributed by atoms with Crippen LogP contribution in [0.1, 0.15) is 111 Å². The van der Waals surface area contributed by atoms with Crippen LogP contribution in [0.5, 0.6) is 0 Å². The monoisotopic (exact) mass is 577 g/mol. The normalized spacial score (nSPS) is 37.9. The van der Waals surface area contributed by atoms with E-state index in [1.807, 2.05) is 51.1 Å². The lowest BCUT2D eigenvalue weighted by molar-refractivity contribution is -0.167. The zero-order chi connectivity index (χ0) is 30.2. The molecular weight excluding hydrogens is 522 g/mol. The highest BCUT2D eigenvalue weighted by atomic mass is 16.5. The number of hydrogen-bond donors (Lipinski definition) is 1. The van der Waals surface area contributed by atoms with E-state index < -0.39 is 12.0 Å². The number of hydrogen-bond acceptors (Lipinski definition) is 5. The fourth-order valence-corrected chi connectivity index (χ4v) is 10.3. The summed E-state index contributed by atoms with van der Waals surface area (Å²) < 4.78 is 6.28.